The average molecular weight is 431 g/mol. The molecule has 4 nitrogen and oxygen atoms in total. The van der Waals surface area contributed by atoms with E-state index in [1.165, 1.54) is 15.8 Å². The molecule has 2 aromatic rings. The molecule has 29 heavy (non-hydrogen) atoms. The molecule has 158 valence electrons. The predicted octanol–water partition coefficient (Wildman–Crippen LogP) is 6.83. The first-order valence-corrected chi connectivity index (χ1v) is 13.5. The molecule has 0 saturated carbocycles. The third-order valence-corrected chi connectivity index (χ3v) is 8.25. The zero-order valence-electron chi connectivity index (χ0n) is 18.5. The van der Waals surface area contributed by atoms with Crippen LogP contribution in [0.2, 0.25) is 15.8 Å². The monoisotopic (exact) mass is 430 g/mol. The Morgan fingerprint density at radius 3 is 1.28 bits per heavy atom. The number of nitrogens with one attached hydrogen (secondary N) is 2. The minimum absolute atomic E-state index is 0.171. The number of rotatable bonds is 9. The highest BCUT2D eigenvalue weighted by Crippen LogP contribution is 2.18. The maximum atomic E-state index is 5.40. The summed E-state index contributed by atoms with van der Waals surface area (Å²) < 4.78 is 10.8. The summed E-state index contributed by atoms with van der Waals surface area (Å²) in [6.07, 6.45) is 0. The van der Waals surface area contributed by atoms with E-state index in [1.807, 2.05) is 62.4 Å². The summed E-state index contributed by atoms with van der Waals surface area (Å²) in [5, 5.41) is 11.3. The zero-order valence-corrected chi connectivity index (χ0v) is 20.4. The van der Waals surface area contributed by atoms with E-state index in [1.54, 1.807) is 0 Å². The Morgan fingerprint density at radius 1 is 0.690 bits per heavy atom. The van der Waals surface area contributed by atoms with Crippen molar-refractivity contribution in [2.75, 3.05) is 23.8 Å². The Bertz CT molecular complexity index is 630. The fourth-order valence-corrected chi connectivity index (χ4v) is 4.73. The van der Waals surface area contributed by atoms with E-state index in [0.29, 0.717) is 18.3 Å². The maximum absolute atomic E-state index is 5.40. The van der Waals surface area contributed by atoms with Gasteiger partial charge in [-0.3, -0.25) is 0 Å². The summed E-state index contributed by atoms with van der Waals surface area (Å²) in [6, 6.07) is 15.3. The number of ether oxygens (including phenoxy) is 2. The molecule has 0 aliphatic carbocycles. The van der Waals surface area contributed by atoms with Gasteiger partial charge in [0.05, 0.1) is 13.2 Å². The molecule has 0 aliphatic rings. The van der Waals surface area contributed by atoms with Crippen LogP contribution in [-0.4, -0.2) is 32.5 Å². The minimum atomic E-state index is -0.171. The highest BCUT2D eigenvalue weighted by atomic mass is 32.1. The zero-order chi connectivity index (χ0) is 21.5. The summed E-state index contributed by atoms with van der Waals surface area (Å²) >= 11 is 5.13. The molecule has 0 spiro atoms. The molecular formula is C23H35AlN2O2S. The van der Waals surface area contributed by atoms with E-state index in [0.717, 1.165) is 22.9 Å². The molecule has 0 saturated heterocycles. The van der Waals surface area contributed by atoms with Crippen LogP contribution < -0.4 is 20.1 Å². The first-order valence-electron chi connectivity index (χ1n) is 10.6. The molecule has 0 atom stereocenters. The van der Waals surface area contributed by atoms with Crippen molar-refractivity contribution in [3.63, 3.8) is 0 Å². The number of hydrogen-bond acceptors (Lipinski definition) is 3. The fraction of sp³-hybridized carbons (Fsp3) is 0.435. The molecule has 0 aromatic heterocycles. The Kier molecular flexibility index (Phi) is 13.2. The van der Waals surface area contributed by atoms with Gasteiger partial charge in [-0.25, -0.2) is 0 Å². The van der Waals surface area contributed by atoms with E-state index < -0.39 is 0 Å². The van der Waals surface area contributed by atoms with Crippen molar-refractivity contribution >= 4 is 42.9 Å². The molecule has 0 unspecified atom stereocenters. The second kappa shape index (κ2) is 15.1. The van der Waals surface area contributed by atoms with Crippen LogP contribution in [0.3, 0.4) is 0 Å². The molecule has 0 bridgehead atoms. The van der Waals surface area contributed by atoms with E-state index in [-0.39, 0.29) is 14.1 Å². The molecule has 0 amide bonds. The summed E-state index contributed by atoms with van der Waals surface area (Å²) in [4.78, 5) is 0. The number of benzene rings is 2. The van der Waals surface area contributed by atoms with E-state index >= 15 is 0 Å². The molecule has 2 rings (SSSR count). The second-order valence-corrected chi connectivity index (χ2v) is 11.2. The molecule has 6 heteroatoms. The smallest absolute Gasteiger partial charge is 0.261 e. The van der Waals surface area contributed by atoms with E-state index in [2.05, 4.69) is 31.4 Å². The van der Waals surface area contributed by atoms with Gasteiger partial charge < -0.3 is 20.1 Å². The first kappa shape index (κ1) is 25.3. The van der Waals surface area contributed by atoms with Crippen molar-refractivity contribution in [2.24, 2.45) is 0 Å². The van der Waals surface area contributed by atoms with Crippen LogP contribution in [0.1, 0.15) is 34.6 Å². The molecule has 0 heterocycles. The number of anilines is 2. The lowest BCUT2D eigenvalue weighted by molar-refractivity contribution is 0.340. The van der Waals surface area contributed by atoms with Crippen LogP contribution in [0, 0.1) is 0 Å². The lowest BCUT2D eigenvalue weighted by Gasteiger charge is -2.12. The van der Waals surface area contributed by atoms with E-state index in [4.69, 9.17) is 21.7 Å². The van der Waals surface area contributed by atoms with Gasteiger partial charge in [0.2, 0.25) is 0 Å². The second-order valence-electron chi connectivity index (χ2n) is 6.58. The van der Waals surface area contributed by atoms with E-state index in [9.17, 15) is 0 Å². The van der Waals surface area contributed by atoms with Crippen molar-refractivity contribution in [1.82, 2.24) is 0 Å². The first-order chi connectivity index (χ1) is 14.1. The molecular weight excluding hydrogens is 395 g/mol. The molecule has 0 radical (unpaired) electrons. The topological polar surface area (TPSA) is 42.5 Å². The third-order valence-electron chi connectivity index (χ3n) is 4.58. The highest BCUT2D eigenvalue weighted by molar-refractivity contribution is 7.80. The summed E-state index contributed by atoms with van der Waals surface area (Å²) in [6.45, 7) is 12.2. The van der Waals surface area contributed by atoms with Crippen LogP contribution in [-0.2, 0) is 0 Å². The SMILES string of the molecule is CCOc1ccc(NC(=S)Nc2ccc(OCC)cc2)cc1.C[CH2][Al]([CH2]C)[CH2]C. The third kappa shape index (κ3) is 10.6. The van der Waals surface area contributed by atoms with Gasteiger partial charge in [-0.2, -0.15) is 0 Å². The van der Waals surface area contributed by atoms with Crippen LogP contribution >= 0.6 is 12.2 Å². The molecule has 0 fully saturated rings. The van der Waals surface area contributed by atoms with Crippen LogP contribution in [0.25, 0.3) is 0 Å². The summed E-state index contributed by atoms with van der Waals surface area (Å²) in [7, 11) is 0. The van der Waals surface area contributed by atoms with Crippen molar-refractivity contribution in [3.05, 3.63) is 48.5 Å². The van der Waals surface area contributed by atoms with Crippen LogP contribution in [0.5, 0.6) is 11.5 Å². The largest absolute Gasteiger partial charge is 0.494 e. The van der Waals surface area contributed by atoms with Crippen molar-refractivity contribution in [1.29, 1.82) is 0 Å². The molecule has 0 aliphatic heterocycles. The van der Waals surface area contributed by atoms with Gasteiger partial charge in [0, 0.05) is 11.4 Å². The Hall–Kier alpha value is -1.74. The van der Waals surface area contributed by atoms with Gasteiger partial charge in [-0.05, 0) is 74.6 Å². The molecule has 2 aromatic carbocycles. The predicted molar refractivity (Wildman–Crippen MR) is 132 cm³/mol. The van der Waals surface area contributed by atoms with Crippen molar-refractivity contribution < 1.29 is 9.47 Å². The normalized spacial score (nSPS) is 9.69. The maximum Gasteiger partial charge on any atom is 0.261 e. The van der Waals surface area contributed by atoms with Gasteiger partial charge >= 0.3 is 0 Å². The standard InChI is InChI=1S/C17H20N2O2S.3C2H5.Al/c1-3-20-15-9-5-13(6-10-15)18-17(22)19-14-7-11-16(12-8-14)21-4-2;3*1-2;/h5-12H,3-4H2,1-2H3,(H2,18,19,22);3*1H2,2H3;. The van der Waals surface area contributed by atoms with Gasteiger partial charge in [0.25, 0.3) is 14.1 Å². The Balaban J connectivity index is 0.000000516. The number of hydrogen-bond donors (Lipinski definition) is 2. The average Bonchev–Trinajstić information content (AvgIpc) is 2.73. The Morgan fingerprint density at radius 2 is 1.03 bits per heavy atom. The highest BCUT2D eigenvalue weighted by Gasteiger charge is 2.05. The Labute approximate surface area is 186 Å². The van der Waals surface area contributed by atoms with Crippen molar-refractivity contribution in [3.8, 4) is 11.5 Å². The fourth-order valence-electron chi connectivity index (χ4n) is 2.76. The van der Waals surface area contributed by atoms with Crippen LogP contribution in [0.4, 0.5) is 11.4 Å². The minimum Gasteiger partial charge on any atom is -0.494 e. The van der Waals surface area contributed by atoms with Gasteiger partial charge in [-0.1, -0.05) is 36.6 Å². The van der Waals surface area contributed by atoms with Gasteiger partial charge in [0.1, 0.15) is 11.5 Å². The molecule has 2 N–H and O–H groups in total. The van der Waals surface area contributed by atoms with Crippen molar-refractivity contribution in [2.45, 2.75) is 50.5 Å². The summed E-state index contributed by atoms with van der Waals surface area (Å²) in [5.41, 5.74) is 1.82. The number of thiocarbonyl (C=S) groups is 1. The van der Waals surface area contributed by atoms with Gasteiger partial charge in [-0.15, -0.1) is 0 Å². The quantitative estimate of drug-likeness (QED) is 0.337. The lowest BCUT2D eigenvalue weighted by Crippen LogP contribution is -2.18. The van der Waals surface area contributed by atoms with Crippen LogP contribution in [0.15, 0.2) is 48.5 Å². The lowest BCUT2D eigenvalue weighted by atomic mass is 10.3. The van der Waals surface area contributed by atoms with Gasteiger partial charge in [0.15, 0.2) is 5.11 Å². The summed E-state index contributed by atoms with van der Waals surface area (Å²) in [5.74, 6) is 1.69.